The van der Waals surface area contributed by atoms with Crippen molar-refractivity contribution in [1.82, 2.24) is 4.90 Å². The molecule has 2 aromatic rings. The molecule has 0 saturated carbocycles. The van der Waals surface area contributed by atoms with Crippen LogP contribution in [0.1, 0.15) is 0 Å². The van der Waals surface area contributed by atoms with Gasteiger partial charge in [-0.25, -0.2) is 0 Å². The molecule has 0 unspecified atom stereocenters. The van der Waals surface area contributed by atoms with Gasteiger partial charge >= 0.3 is 0 Å². The molecule has 25 heavy (non-hydrogen) atoms. The van der Waals surface area contributed by atoms with E-state index < -0.39 is 0 Å². The maximum Gasteiger partial charge on any atom is 0.246 e. The average molecular weight is 377 g/mol. The highest BCUT2D eigenvalue weighted by Gasteiger charge is 2.19. The molecule has 3 rings (SSSR count). The third-order valence-electron chi connectivity index (χ3n) is 4.32. The topological polar surface area (TPSA) is 43.8 Å². The van der Waals surface area contributed by atoms with Crippen molar-refractivity contribution in [3.8, 4) is 16.9 Å². The van der Waals surface area contributed by atoms with Gasteiger partial charge in [-0.1, -0.05) is 41.9 Å². The first-order valence-electron chi connectivity index (χ1n) is 7.94. The second-order valence-electron chi connectivity index (χ2n) is 5.85. The third kappa shape index (κ3) is 3.75. The number of carbonyl (C=O) groups is 1. The smallest absolute Gasteiger partial charge is 0.246 e. The van der Waals surface area contributed by atoms with Gasteiger partial charge < -0.3 is 14.9 Å². The van der Waals surface area contributed by atoms with Crippen LogP contribution in [0.25, 0.3) is 11.1 Å². The molecule has 0 radical (unpaired) electrons. The number of hydrogen-bond acceptors (Lipinski definition) is 3. The molecule has 1 aliphatic rings. The molecule has 130 valence electrons. The van der Waals surface area contributed by atoms with Gasteiger partial charge in [0.05, 0.1) is 10.0 Å². The number of phenols is 1. The Kier molecular flexibility index (Phi) is 5.21. The van der Waals surface area contributed by atoms with Crippen molar-refractivity contribution in [2.75, 3.05) is 31.1 Å². The van der Waals surface area contributed by atoms with E-state index in [1.807, 2.05) is 24.3 Å². The van der Waals surface area contributed by atoms with E-state index in [1.54, 1.807) is 11.0 Å². The molecule has 0 aliphatic carbocycles. The molecule has 1 heterocycles. The van der Waals surface area contributed by atoms with E-state index >= 15 is 0 Å². The highest BCUT2D eigenvalue weighted by Crippen LogP contribution is 2.37. The average Bonchev–Trinajstić information content (AvgIpc) is 2.64. The SMILES string of the molecule is C=CC(=O)N1CCN(c2ccc(-c3cc(O)cc(Cl)c3Cl)cc2)CC1. The lowest BCUT2D eigenvalue weighted by Gasteiger charge is -2.35. The number of anilines is 1. The Morgan fingerprint density at radius 3 is 2.32 bits per heavy atom. The first kappa shape index (κ1) is 17.6. The standard InChI is InChI=1S/C19H18Cl2N2O2/c1-2-18(25)23-9-7-22(8-10-23)14-5-3-13(4-6-14)16-11-15(24)12-17(20)19(16)21/h2-6,11-12,24H,1,7-10H2. The Bertz CT molecular complexity index is 798. The van der Waals surface area contributed by atoms with E-state index in [1.165, 1.54) is 12.1 Å². The molecular weight excluding hydrogens is 359 g/mol. The monoisotopic (exact) mass is 376 g/mol. The summed E-state index contributed by atoms with van der Waals surface area (Å²) >= 11 is 12.3. The summed E-state index contributed by atoms with van der Waals surface area (Å²) in [5, 5.41) is 10.5. The summed E-state index contributed by atoms with van der Waals surface area (Å²) in [6.45, 7) is 6.44. The van der Waals surface area contributed by atoms with E-state index in [4.69, 9.17) is 23.2 Å². The number of aromatic hydroxyl groups is 1. The lowest BCUT2D eigenvalue weighted by Crippen LogP contribution is -2.48. The maximum absolute atomic E-state index is 11.6. The van der Waals surface area contributed by atoms with Crippen molar-refractivity contribution < 1.29 is 9.90 Å². The summed E-state index contributed by atoms with van der Waals surface area (Å²) in [6, 6.07) is 10.9. The molecule has 2 aromatic carbocycles. The van der Waals surface area contributed by atoms with Crippen molar-refractivity contribution in [3.63, 3.8) is 0 Å². The molecule has 0 aromatic heterocycles. The fraction of sp³-hybridized carbons (Fsp3) is 0.211. The van der Waals surface area contributed by atoms with Crippen LogP contribution >= 0.6 is 23.2 Å². The molecule has 0 bridgehead atoms. The predicted octanol–water partition coefficient (Wildman–Crippen LogP) is 4.20. The van der Waals surface area contributed by atoms with Crippen LogP contribution in [0.15, 0.2) is 49.1 Å². The molecule has 1 fully saturated rings. The van der Waals surface area contributed by atoms with Gasteiger partial charge in [-0.2, -0.15) is 0 Å². The van der Waals surface area contributed by atoms with Crippen molar-refractivity contribution in [1.29, 1.82) is 0 Å². The van der Waals surface area contributed by atoms with Crippen molar-refractivity contribution in [3.05, 3.63) is 59.1 Å². The number of halogens is 2. The first-order valence-corrected chi connectivity index (χ1v) is 8.70. The van der Waals surface area contributed by atoms with Crippen LogP contribution in [0.4, 0.5) is 5.69 Å². The molecule has 1 amide bonds. The Hall–Kier alpha value is -2.17. The lowest BCUT2D eigenvalue weighted by molar-refractivity contribution is -0.126. The van der Waals surface area contributed by atoms with Crippen molar-refractivity contribution >= 4 is 34.8 Å². The lowest BCUT2D eigenvalue weighted by atomic mass is 10.0. The molecule has 4 nitrogen and oxygen atoms in total. The van der Waals surface area contributed by atoms with Gasteiger partial charge in [-0.15, -0.1) is 0 Å². The van der Waals surface area contributed by atoms with Gasteiger partial charge in [-0.3, -0.25) is 4.79 Å². The van der Waals surface area contributed by atoms with Crippen LogP contribution < -0.4 is 4.90 Å². The minimum atomic E-state index is -0.0228. The summed E-state index contributed by atoms with van der Waals surface area (Å²) in [6.07, 6.45) is 1.36. The van der Waals surface area contributed by atoms with Crippen LogP contribution in [-0.2, 0) is 4.79 Å². The summed E-state index contributed by atoms with van der Waals surface area (Å²) < 4.78 is 0. The minimum Gasteiger partial charge on any atom is -0.508 e. The largest absolute Gasteiger partial charge is 0.508 e. The minimum absolute atomic E-state index is 0.0228. The number of carbonyl (C=O) groups excluding carboxylic acids is 1. The normalized spacial score (nSPS) is 14.5. The number of rotatable bonds is 3. The first-order chi connectivity index (χ1) is 12.0. The second-order valence-corrected chi connectivity index (χ2v) is 6.64. The zero-order valence-electron chi connectivity index (χ0n) is 13.6. The maximum atomic E-state index is 11.6. The van der Waals surface area contributed by atoms with Crippen LogP contribution in [-0.4, -0.2) is 42.1 Å². The van der Waals surface area contributed by atoms with Crippen LogP contribution in [0.5, 0.6) is 5.75 Å². The molecule has 0 spiro atoms. The Morgan fingerprint density at radius 2 is 1.72 bits per heavy atom. The molecule has 1 N–H and O–H groups in total. The fourth-order valence-electron chi connectivity index (χ4n) is 2.95. The van der Waals surface area contributed by atoms with Crippen LogP contribution in [0.3, 0.4) is 0 Å². The van der Waals surface area contributed by atoms with Gasteiger partial charge in [0.1, 0.15) is 5.75 Å². The molecule has 1 saturated heterocycles. The zero-order chi connectivity index (χ0) is 18.0. The molecular formula is C19H18Cl2N2O2. The Balaban J connectivity index is 1.76. The number of phenolic OH excluding ortho intramolecular Hbond substituents is 1. The number of amides is 1. The van der Waals surface area contributed by atoms with E-state index in [-0.39, 0.29) is 11.7 Å². The van der Waals surface area contributed by atoms with Gasteiger partial charge in [0.15, 0.2) is 0 Å². The van der Waals surface area contributed by atoms with Crippen LogP contribution in [0, 0.1) is 0 Å². The highest BCUT2D eigenvalue weighted by atomic mass is 35.5. The predicted molar refractivity (Wildman–Crippen MR) is 103 cm³/mol. The number of benzene rings is 2. The number of piperazine rings is 1. The van der Waals surface area contributed by atoms with Gasteiger partial charge in [0.2, 0.25) is 5.91 Å². The zero-order valence-corrected chi connectivity index (χ0v) is 15.1. The Morgan fingerprint density at radius 1 is 1.08 bits per heavy atom. The number of hydrogen-bond donors (Lipinski definition) is 1. The van der Waals surface area contributed by atoms with E-state index in [0.29, 0.717) is 28.7 Å². The third-order valence-corrected chi connectivity index (χ3v) is 5.12. The highest BCUT2D eigenvalue weighted by molar-refractivity contribution is 6.43. The van der Waals surface area contributed by atoms with Gasteiger partial charge in [0, 0.05) is 43.5 Å². The Labute approximate surface area is 156 Å². The van der Waals surface area contributed by atoms with Crippen molar-refractivity contribution in [2.45, 2.75) is 0 Å². The molecule has 6 heteroatoms. The van der Waals surface area contributed by atoms with Gasteiger partial charge in [0.25, 0.3) is 0 Å². The summed E-state index contributed by atoms with van der Waals surface area (Å²) in [5.41, 5.74) is 2.66. The second kappa shape index (κ2) is 7.38. The van der Waals surface area contributed by atoms with Crippen LogP contribution in [0.2, 0.25) is 10.0 Å². The summed E-state index contributed by atoms with van der Waals surface area (Å²) in [7, 11) is 0. The molecule has 1 aliphatic heterocycles. The van der Waals surface area contributed by atoms with E-state index in [2.05, 4.69) is 11.5 Å². The quantitative estimate of drug-likeness (QED) is 0.816. The van der Waals surface area contributed by atoms with E-state index in [0.717, 1.165) is 24.3 Å². The van der Waals surface area contributed by atoms with E-state index in [9.17, 15) is 9.90 Å². The van der Waals surface area contributed by atoms with Crippen molar-refractivity contribution in [2.24, 2.45) is 0 Å². The fourth-order valence-corrected chi connectivity index (χ4v) is 3.38. The summed E-state index contributed by atoms with van der Waals surface area (Å²) in [4.78, 5) is 15.7. The molecule has 0 atom stereocenters. The summed E-state index contributed by atoms with van der Waals surface area (Å²) in [5.74, 6) is 0.0573. The number of nitrogens with zero attached hydrogens (tertiary/aromatic N) is 2. The van der Waals surface area contributed by atoms with Gasteiger partial charge in [-0.05, 0) is 29.8 Å².